The van der Waals surface area contributed by atoms with Crippen LogP contribution in [0, 0.1) is 0 Å². The van der Waals surface area contributed by atoms with E-state index >= 15 is 0 Å². The summed E-state index contributed by atoms with van der Waals surface area (Å²) in [6.45, 7) is 2.46. The summed E-state index contributed by atoms with van der Waals surface area (Å²) < 4.78 is 31.3. The zero-order chi connectivity index (χ0) is 17.8. The van der Waals surface area contributed by atoms with Gasteiger partial charge in [0.1, 0.15) is 23.9 Å². The fourth-order valence-corrected chi connectivity index (χ4v) is 5.67. The Morgan fingerprint density at radius 3 is 2.12 bits per heavy atom. The van der Waals surface area contributed by atoms with Crippen molar-refractivity contribution in [2.75, 3.05) is 6.61 Å². The summed E-state index contributed by atoms with van der Waals surface area (Å²) in [7, 11) is 0. The predicted molar refractivity (Wildman–Crippen MR) is 92.3 cm³/mol. The van der Waals surface area contributed by atoms with E-state index in [-0.39, 0.29) is 6.10 Å². The lowest BCUT2D eigenvalue weighted by Crippen LogP contribution is -2.54. The summed E-state index contributed by atoms with van der Waals surface area (Å²) in [5, 5.41) is 11.5. The minimum absolute atomic E-state index is 0.266. The first-order chi connectivity index (χ1) is 12.6. The van der Waals surface area contributed by atoms with Gasteiger partial charge in [-0.05, 0) is 32.1 Å². The van der Waals surface area contributed by atoms with E-state index in [0.29, 0.717) is 13.0 Å². The van der Waals surface area contributed by atoms with Crippen LogP contribution in [0.5, 0.6) is 0 Å². The zero-order valence-electron chi connectivity index (χ0n) is 15.8. The third-order valence-electron chi connectivity index (χ3n) is 7.20. The second-order valence-electron chi connectivity index (χ2n) is 8.84. The molecule has 2 saturated carbocycles. The molecule has 3 heterocycles. The molecule has 5 fully saturated rings. The van der Waals surface area contributed by atoms with Crippen molar-refractivity contribution < 1.29 is 28.8 Å². The van der Waals surface area contributed by atoms with Crippen molar-refractivity contribution in [3.63, 3.8) is 0 Å². The first-order valence-corrected chi connectivity index (χ1v) is 10.6. The highest BCUT2D eigenvalue weighted by Gasteiger charge is 2.67. The molecule has 3 saturated heterocycles. The number of hydrogen-bond acceptors (Lipinski definition) is 6. The van der Waals surface area contributed by atoms with Crippen LogP contribution in [0.15, 0.2) is 0 Å². The molecule has 0 aromatic carbocycles. The lowest BCUT2D eigenvalue weighted by Gasteiger charge is -2.38. The van der Waals surface area contributed by atoms with Crippen LogP contribution in [0.2, 0.25) is 0 Å². The van der Waals surface area contributed by atoms with Crippen LogP contribution in [0.1, 0.15) is 77.6 Å². The van der Waals surface area contributed by atoms with Gasteiger partial charge in [0.25, 0.3) is 0 Å². The zero-order valence-corrected chi connectivity index (χ0v) is 15.8. The van der Waals surface area contributed by atoms with E-state index in [0.717, 1.165) is 51.4 Å². The molecule has 0 unspecified atom stereocenters. The number of ether oxygens (including phenoxy) is 5. The summed E-state index contributed by atoms with van der Waals surface area (Å²) in [6.07, 6.45) is 9.46. The molecule has 26 heavy (non-hydrogen) atoms. The van der Waals surface area contributed by atoms with E-state index in [1.165, 1.54) is 12.8 Å². The first-order valence-electron chi connectivity index (χ1n) is 10.6. The van der Waals surface area contributed by atoms with E-state index in [1.54, 1.807) is 0 Å². The Kier molecular flexibility index (Phi) is 4.38. The Morgan fingerprint density at radius 2 is 1.46 bits per heavy atom. The molecule has 0 bridgehead atoms. The molecule has 5 aliphatic rings. The maximum absolute atomic E-state index is 11.5. The molecular weight excluding hydrogens is 336 g/mol. The number of rotatable bonds is 2. The fourth-order valence-electron chi connectivity index (χ4n) is 5.67. The van der Waals surface area contributed by atoms with Gasteiger partial charge in [0.2, 0.25) is 0 Å². The molecule has 148 valence electrons. The molecule has 3 aliphatic heterocycles. The van der Waals surface area contributed by atoms with E-state index in [4.69, 9.17) is 23.7 Å². The molecule has 0 aromatic rings. The molecule has 0 aromatic heterocycles. The van der Waals surface area contributed by atoms with Gasteiger partial charge < -0.3 is 28.8 Å². The van der Waals surface area contributed by atoms with Crippen molar-refractivity contribution in [2.45, 2.75) is 119 Å². The summed E-state index contributed by atoms with van der Waals surface area (Å²) in [6, 6.07) is 0. The summed E-state index contributed by atoms with van der Waals surface area (Å²) in [4.78, 5) is 0. The Morgan fingerprint density at radius 1 is 0.808 bits per heavy atom. The van der Waals surface area contributed by atoms with Crippen molar-refractivity contribution in [3.8, 4) is 0 Å². The van der Waals surface area contributed by atoms with Gasteiger partial charge in [0.05, 0.1) is 6.61 Å². The Bertz CT molecular complexity index is 526. The molecule has 1 N–H and O–H groups in total. The largest absolute Gasteiger partial charge is 0.384 e. The van der Waals surface area contributed by atoms with Gasteiger partial charge in [-0.25, -0.2) is 0 Å². The van der Waals surface area contributed by atoms with Crippen molar-refractivity contribution in [3.05, 3.63) is 0 Å². The van der Waals surface area contributed by atoms with Crippen molar-refractivity contribution in [1.82, 2.24) is 0 Å². The van der Waals surface area contributed by atoms with Gasteiger partial charge in [-0.2, -0.15) is 0 Å². The number of fused-ring (bicyclic) bond motifs is 1. The van der Waals surface area contributed by atoms with E-state index in [1.807, 2.05) is 6.92 Å². The standard InChI is InChI=1S/C20H32O6/c1-2-20(21)15(14-13-22-18(24-14)9-5-3-6-10-18)23-17-16(20)25-19(26-17)11-7-4-8-12-19/h14-17,21H,2-13H2,1H3/t14-,15-,16+,17-,20-/m1/s1. The predicted octanol–water partition coefficient (Wildman–Crippen LogP) is 3.00. The summed E-state index contributed by atoms with van der Waals surface area (Å²) in [5.74, 6) is -1.02. The monoisotopic (exact) mass is 368 g/mol. The molecular formula is C20H32O6. The van der Waals surface area contributed by atoms with Crippen LogP contribution < -0.4 is 0 Å². The molecule has 6 nitrogen and oxygen atoms in total. The quantitative estimate of drug-likeness (QED) is 0.808. The number of hydrogen-bond donors (Lipinski definition) is 1. The lowest BCUT2D eigenvalue weighted by molar-refractivity contribution is -0.272. The fraction of sp³-hybridized carbons (Fsp3) is 1.00. The van der Waals surface area contributed by atoms with Crippen molar-refractivity contribution in [2.24, 2.45) is 0 Å². The van der Waals surface area contributed by atoms with Gasteiger partial charge in [0.15, 0.2) is 17.9 Å². The summed E-state index contributed by atoms with van der Waals surface area (Å²) in [5.41, 5.74) is -1.10. The van der Waals surface area contributed by atoms with E-state index in [2.05, 4.69) is 0 Å². The van der Waals surface area contributed by atoms with Crippen LogP contribution >= 0.6 is 0 Å². The third-order valence-corrected chi connectivity index (χ3v) is 7.20. The van der Waals surface area contributed by atoms with Crippen molar-refractivity contribution >= 4 is 0 Å². The minimum atomic E-state index is -1.10. The molecule has 0 amide bonds. The molecule has 5 atom stereocenters. The van der Waals surface area contributed by atoms with Gasteiger partial charge in [-0.15, -0.1) is 0 Å². The minimum Gasteiger partial charge on any atom is -0.384 e. The second kappa shape index (κ2) is 6.39. The molecule has 5 rings (SSSR count). The maximum atomic E-state index is 11.5. The third kappa shape index (κ3) is 2.68. The average Bonchev–Trinajstić information content (AvgIpc) is 3.29. The Balaban J connectivity index is 1.32. The summed E-state index contributed by atoms with van der Waals surface area (Å²) >= 11 is 0. The molecule has 6 heteroatoms. The lowest BCUT2D eigenvalue weighted by atomic mass is 9.86. The van der Waals surface area contributed by atoms with Crippen LogP contribution in [0.3, 0.4) is 0 Å². The molecule has 2 aliphatic carbocycles. The normalized spacial score (nSPS) is 46.8. The van der Waals surface area contributed by atoms with Crippen LogP contribution in [-0.2, 0) is 23.7 Å². The van der Waals surface area contributed by atoms with Gasteiger partial charge in [-0.1, -0.05) is 19.8 Å². The van der Waals surface area contributed by atoms with Crippen LogP contribution in [0.4, 0.5) is 0 Å². The van der Waals surface area contributed by atoms with Gasteiger partial charge in [-0.3, -0.25) is 0 Å². The molecule has 0 radical (unpaired) electrons. The highest BCUT2D eigenvalue weighted by Crippen LogP contribution is 2.51. The second-order valence-corrected chi connectivity index (χ2v) is 8.84. The highest BCUT2D eigenvalue weighted by atomic mass is 16.8. The highest BCUT2D eigenvalue weighted by molar-refractivity contribution is 5.09. The van der Waals surface area contributed by atoms with E-state index < -0.39 is 35.7 Å². The van der Waals surface area contributed by atoms with E-state index in [9.17, 15) is 5.11 Å². The number of aliphatic hydroxyl groups is 1. The van der Waals surface area contributed by atoms with Crippen LogP contribution in [0.25, 0.3) is 0 Å². The molecule has 2 spiro atoms. The topological polar surface area (TPSA) is 66.4 Å². The Labute approximate surface area is 155 Å². The smallest absolute Gasteiger partial charge is 0.190 e. The van der Waals surface area contributed by atoms with Crippen molar-refractivity contribution in [1.29, 1.82) is 0 Å². The van der Waals surface area contributed by atoms with Gasteiger partial charge in [0, 0.05) is 25.7 Å². The SMILES string of the molecule is CC[C@@]1(O)[C@@H]([C@H]2COC3(CCCCC3)O2)O[C@@H]2OC3(CCCCC3)O[C@@H]21. The Hall–Kier alpha value is -0.240. The maximum Gasteiger partial charge on any atom is 0.190 e. The van der Waals surface area contributed by atoms with Gasteiger partial charge >= 0.3 is 0 Å². The average molecular weight is 368 g/mol. The first kappa shape index (κ1) is 17.8. The van der Waals surface area contributed by atoms with Crippen LogP contribution in [-0.4, -0.2) is 53.5 Å².